The van der Waals surface area contributed by atoms with E-state index < -0.39 is 0 Å². The largest absolute Gasteiger partial charge is 0.370 e. The van der Waals surface area contributed by atoms with Crippen LogP contribution in [0.5, 0.6) is 0 Å². The van der Waals surface area contributed by atoms with Crippen LogP contribution in [0.4, 0.5) is 15.8 Å². The van der Waals surface area contributed by atoms with E-state index in [1.165, 1.54) is 17.7 Å². The first-order valence-corrected chi connectivity index (χ1v) is 9.99. The summed E-state index contributed by atoms with van der Waals surface area (Å²) in [5, 5.41) is 3.04. The number of guanidine groups is 1. The Morgan fingerprint density at radius 3 is 2.34 bits per heavy atom. The summed E-state index contributed by atoms with van der Waals surface area (Å²) in [4.78, 5) is 20.7. The Hall–Kier alpha value is -3.09. The van der Waals surface area contributed by atoms with Gasteiger partial charge in [0.05, 0.1) is 6.54 Å². The van der Waals surface area contributed by atoms with Crippen molar-refractivity contribution in [2.45, 2.75) is 19.8 Å². The molecule has 2 aromatic rings. The lowest BCUT2D eigenvalue weighted by Crippen LogP contribution is -2.48. The summed E-state index contributed by atoms with van der Waals surface area (Å²) in [5.41, 5.74) is 9.04. The molecule has 1 amide bonds. The Kier molecular flexibility index (Phi) is 7.05. The molecular weight excluding hydrogens is 369 g/mol. The van der Waals surface area contributed by atoms with E-state index in [1.54, 1.807) is 12.1 Å². The molecule has 29 heavy (non-hydrogen) atoms. The van der Waals surface area contributed by atoms with Crippen LogP contribution in [-0.2, 0) is 11.2 Å². The standard InChI is InChI=1S/C22H28FN5O/c1-2-17-3-7-19(8-4-17)26-22(24)25-12-11-21(29)28-15-13-27(14-16-28)20-9-5-18(23)6-10-20/h3-10H,2,11-16H2,1H3,(H3,24,25,26). The summed E-state index contributed by atoms with van der Waals surface area (Å²) < 4.78 is 13.1. The van der Waals surface area contributed by atoms with Crippen molar-refractivity contribution in [3.05, 3.63) is 59.9 Å². The van der Waals surface area contributed by atoms with E-state index in [2.05, 4.69) is 22.1 Å². The molecule has 6 nitrogen and oxygen atoms in total. The lowest BCUT2D eigenvalue weighted by Gasteiger charge is -2.36. The van der Waals surface area contributed by atoms with E-state index in [-0.39, 0.29) is 11.7 Å². The average molecular weight is 397 g/mol. The van der Waals surface area contributed by atoms with Crippen molar-refractivity contribution >= 4 is 23.2 Å². The number of hydrogen-bond acceptors (Lipinski definition) is 3. The van der Waals surface area contributed by atoms with E-state index >= 15 is 0 Å². The summed E-state index contributed by atoms with van der Waals surface area (Å²) in [5.74, 6) is 0.144. The van der Waals surface area contributed by atoms with Crippen LogP contribution < -0.4 is 16.0 Å². The Morgan fingerprint density at radius 2 is 1.72 bits per heavy atom. The van der Waals surface area contributed by atoms with Gasteiger partial charge in [-0.15, -0.1) is 0 Å². The molecule has 1 fully saturated rings. The number of carbonyl (C=O) groups excluding carboxylic acids is 1. The Morgan fingerprint density at radius 1 is 1.07 bits per heavy atom. The maximum Gasteiger partial charge on any atom is 0.224 e. The number of carbonyl (C=O) groups is 1. The van der Waals surface area contributed by atoms with Crippen LogP contribution >= 0.6 is 0 Å². The lowest BCUT2D eigenvalue weighted by atomic mass is 10.1. The summed E-state index contributed by atoms with van der Waals surface area (Å²) in [6.45, 7) is 5.23. The minimum Gasteiger partial charge on any atom is -0.370 e. The van der Waals surface area contributed by atoms with Crippen molar-refractivity contribution in [1.82, 2.24) is 4.90 Å². The molecule has 1 aliphatic rings. The normalized spacial score (nSPS) is 14.8. The number of hydrogen-bond donors (Lipinski definition) is 2. The lowest BCUT2D eigenvalue weighted by molar-refractivity contribution is -0.131. The fourth-order valence-corrected chi connectivity index (χ4v) is 3.31. The maximum atomic E-state index is 13.1. The average Bonchev–Trinajstić information content (AvgIpc) is 2.75. The number of rotatable bonds is 6. The van der Waals surface area contributed by atoms with Crippen LogP contribution in [0.15, 0.2) is 53.5 Å². The summed E-state index contributed by atoms with van der Waals surface area (Å²) in [7, 11) is 0. The van der Waals surface area contributed by atoms with Crippen LogP contribution in [0.25, 0.3) is 0 Å². The van der Waals surface area contributed by atoms with Gasteiger partial charge >= 0.3 is 0 Å². The van der Waals surface area contributed by atoms with E-state index in [0.29, 0.717) is 32.0 Å². The van der Waals surface area contributed by atoms with Gasteiger partial charge in [0.2, 0.25) is 5.91 Å². The van der Waals surface area contributed by atoms with Gasteiger partial charge in [-0.1, -0.05) is 19.1 Å². The minimum atomic E-state index is -0.241. The number of nitrogens with two attached hydrogens (primary N) is 1. The number of aliphatic imine (C=N–C) groups is 1. The predicted octanol–water partition coefficient (Wildman–Crippen LogP) is 2.85. The number of halogens is 1. The van der Waals surface area contributed by atoms with Crippen LogP contribution in [0, 0.1) is 5.82 Å². The summed E-state index contributed by atoms with van der Waals surface area (Å²) in [6, 6.07) is 14.5. The minimum absolute atomic E-state index is 0.0765. The SMILES string of the molecule is CCc1ccc(NC(N)=NCCC(=O)N2CCN(c3ccc(F)cc3)CC2)cc1. The van der Waals surface area contributed by atoms with Crippen molar-refractivity contribution in [1.29, 1.82) is 0 Å². The molecule has 0 aromatic heterocycles. The Bertz CT molecular complexity index is 827. The highest BCUT2D eigenvalue weighted by molar-refractivity contribution is 5.92. The second-order valence-electron chi connectivity index (χ2n) is 7.04. The highest BCUT2D eigenvalue weighted by atomic mass is 19.1. The monoisotopic (exact) mass is 397 g/mol. The summed E-state index contributed by atoms with van der Waals surface area (Å²) in [6.07, 6.45) is 1.32. The molecule has 2 aromatic carbocycles. The van der Waals surface area contributed by atoms with Gasteiger partial charge in [-0.25, -0.2) is 4.39 Å². The zero-order valence-electron chi connectivity index (χ0n) is 16.8. The molecule has 1 heterocycles. The number of amides is 1. The van der Waals surface area contributed by atoms with Gasteiger partial charge in [-0.2, -0.15) is 0 Å². The third-order valence-corrected chi connectivity index (χ3v) is 5.07. The highest BCUT2D eigenvalue weighted by Gasteiger charge is 2.20. The second-order valence-corrected chi connectivity index (χ2v) is 7.04. The molecule has 3 rings (SSSR count). The van der Waals surface area contributed by atoms with E-state index in [1.807, 2.05) is 29.2 Å². The molecule has 0 unspecified atom stereocenters. The molecular formula is C22H28FN5O. The number of piperazine rings is 1. The topological polar surface area (TPSA) is 74.0 Å². The van der Waals surface area contributed by atoms with Crippen LogP contribution in [0.1, 0.15) is 18.9 Å². The van der Waals surface area contributed by atoms with Gasteiger partial charge in [0.1, 0.15) is 5.82 Å². The van der Waals surface area contributed by atoms with Gasteiger partial charge in [0, 0.05) is 44.0 Å². The number of aryl methyl sites for hydroxylation is 1. The zero-order chi connectivity index (χ0) is 20.6. The molecule has 0 saturated carbocycles. The van der Waals surface area contributed by atoms with Crippen molar-refractivity contribution in [2.24, 2.45) is 10.7 Å². The Labute approximate surface area is 171 Å². The summed E-state index contributed by atoms with van der Waals surface area (Å²) >= 11 is 0. The van der Waals surface area contributed by atoms with E-state index in [4.69, 9.17) is 5.73 Å². The van der Waals surface area contributed by atoms with Gasteiger partial charge in [0.25, 0.3) is 0 Å². The first-order valence-electron chi connectivity index (χ1n) is 9.99. The van der Waals surface area contributed by atoms with Crippen molar-refractivity contribution in [3.8, 4) is 0 Å². The van der Waals surface area contributed by atoms with E-state index in [9.17, 15) is 9.18 Å². The predicted molar refractivity (Wildman–Crippen MR) is 116 cm³/mol. The molecule has 1 saturated heterocycles. The third kappa shape index (κ3) is 5.94. The van der Waals surface area contributed by atoms with Crippen LogP contribution in [-0.4, -0.2) is 49.5 Å². The van der Waals surface area contributed by atoms with Gasteiger partial charge < -0.3 is 20.9 Å². The molecule has 1 aliphatic heterocycles. The van der Waals surface area contributed by atoms with Crippen molar-refractivity contribution in [2.75, 3.05) is 42.9 Å². The van der Waals surface area contributed by atoms with Crippen molar-refractivity contribution < 1.29 is 9.18 Å². The number of anilines is 2. The van der Waals surface area contributed by atoms with E-state index in [0.717, 1.165) is 30.9 Å². The van der Waals surface area contributed by atoms with Crippen LogP contribution in [0.2, 0.25) is 0 Å². The quantitative estimate of drug-likeness (QED) is 0.581. The van der Waals surface area contributed by atoms with Gasteiger partial charge in [0.15, 0.2) is 5.96 Å². The first-order chi connectivity index (χ1) is 14.0. The van der Waals surface area contributed by atoms with Crippen molar-refractivity contribution in [3.63, 3.8) is 0 Å². The first kappa shape index (κ1) is 20.6. The molecule has 154 valence electrons. The molecule has 0 spiro atoms. The van der Waals surface area contributed by atoms with Gasteiger partial charge in [-0.05, 0) is 48.4 Å². The molecule has 0 aliphatic carbocycles. The second kappa shape index (κ2) is 9.91. The zero-order valence-corrected chi connectivity index (χ0v) is 16.8. The smallest absolute Gasteiger partial charge is 0.224 e. The van der Waals surface area contributed by atoms with Gasteiger partial charge in [-0.3, -0.25) is 9.79 Å². The number of benzene rings is 2. The van der Waals surface area contributed by atoms with Crippen LogP contribution in [0.3, 0.4) is 0 Å². The fraction of sp³-hybridized carbons (Fsp3) is 0.364. The third-order valence-electron chi connectivity index (χ3n) is 5.07. The molecule has 7 heteroatoms. The molecule has 0 radical (unpaired) electrons. The molecule has 3 N–H and O–H groups in total. The highest BCUT2D eigenvalue weighted by Crippen LogP contribution is 2.17. The molecule has 0 bridgehead atoms. The number of nitrogens with zero attached hydrogens (tertiary/aromatic N) is 3. The Balaban J connectivity index is 1.41. The fourth-order valence-electron chi connectivity index (χ4n) is 3.31. The number of nitrogens with one attached hydrogen (secondary N) is 1. The maximum absolute atomic E-state index is 13.1. The molecule has 0 atom stereocenters.